The third-order valence-corrected chi connectivity index (χ3v) is 4.42. The van der Waals surface area contributed by atoms with E-state index in [4.69, 9.17) is 18.5 Å². The Morgan fingerprint density at radius 1 is 0.654 bits per heavy atom. The van der Waals surface area contributed by atoms with E-state index in [9.17, 15) is 14.2 Å². The van der Waals surface area contributed by atoms with Crippen molar-refractivity contribution in [1.82, 2.24) is 0 Å². The molecule has 7 nitrogen and oxygen atoms in total. The Balaban J connectivity index is 4.23. The van der Waals surface area contributed by atoms with Crippen molar-refractivity contribution in [2.45, 2.75) is 67.6 Å². The molecule has 152 valence electrons. The van der Waals surface area contributed by atoms with Gasteiger partial charge in [-0.3, -0.25) is 0 Å². The Morgan fingerprint density at radius 3 is 1.15 bits per heavy atom. The first-order valence-electron chi connectivity index (χ1n) is 9.07. The Kier molecular flexibility index (Phi) is 11.9. The summed E-state index contributed by atoms with van der Waals surface area (Å²) < 4.78 is 31.9. The molecule has 8 heteroatoms. The maximum atomic E-state index is 11.8. The van der Waals surface area contributed by atoms with Crippen molar-refractivity contribution in [3.05, 3.63) is 0 Å². The van der Waals surface area contributed by atoms with Gasteiger partial charge in [0.05, 0.1) is 0 Å². The van der Waals surface area contributed by atoms with Gasteiger partial charge in [0.25, 0.3) is 0 Å². The second-order valence-corrected chi connectivity index (χ2v) is 8.62. The molecule has 0 N–H and O–H groups in total. The van der Waals surface area contributed by atoms with E-state index in [0.29, 0.717) is 0 Å². The van der Waals surface area contributed by atoms with Crippen LogP contribution < -0.4 is 0 Å². The van der Waals surface area contributed by atoms with Gasteiger partial charge in [0, 0.05) is 4.57 Å². The molecular weight excluding hydrogens is 359 g/mol. The van der Waals surface area contributed by atoms with E-state index in [0.717, 1.165) is 0 Å². The lowest BCUT2D eigenvalue weighted by Crippen LogP contribution is -2.30. The average molecular weight is 393 g/mol. The quantitative estimate of drug-likeness (QED) is 0.364. The highest BCUT2D eigenvalue weighted by molar-refractivity contribution is 7.33. The molecule has 0 spiro atoms. The predicted molar refractivity (Wildman–Crippen MR) is 98.6 cm³/mol. The maximum Gasteiger partial charge on any atom is 0.698 e. The normalized spacial score (nSPS) is 11.9. The number of hydrogen-bond acceptors (Lipinski definition) is 7. The highest BCUT2D eigenvalue weighted by Gasteiger charge is 2.29. The molecule has 0 bridgehead atoms. The van der Waals surface area contributed by atoms with Crippen LogP contribution in [0.2, 0.25) is 0 Å². The maximum absolute atomic E-state index is 11.8. The second-order valence-electron chi connectivity index (χ2n) is 7.66. The minimum absolute atomic E-state index is 0.161. The van der Waals surface area contributed by atoms with Crippen molar-refractivity contribution < 1.29 is 32.7 Å². The molecule has 0 amide bonds. The van der Waals surface area contributed by atoms with E-state index >= 15 is 0 Å². The van der Waals surface area contributed by atoms with Gasteiger partial charge >= 0.3 is 20.2 Å². The molecular formula is C18H34O7P+. The number of esters is 2. The largest absolute Gasteiger partial charge is 0.698 e. The first-order valence-corrected chi connectivity index (χ1v) is 10.2. The number of rotatable bonds is 12. The predicted octanol–water partition coefficient (Wildman–Crippen LogP) is 4.12. The van der Waals surface area contributed by atoms with E-state index in [1.54, 1.807) is 0 Å². The van der Waals surface area contributed by atoms with Crippen LogP contribution in [0.5, 0.6) is 0 Å². The van der Waals surface area contributed by atoms with Gasteiger partial charge in [-0.05, 0) is 23.7 Å². The molecule has 0 atom stereocenters. The van der Waals surface area contributed by atoms with Crippen molar-refractivity contribution in [2.75, 3.05) is 13.2 Å². The Morgan fingerprint density at radius 2 is 0.923 bits per heavy atom. The topological polar surface area (TPSA) is 88.1 Å². The molecule has 0 radical (unpaired) electrons. The third kappa shape index (κ3) is 10.2. The lowest BCUT2D eigenvalue weighted by Gasteiger charge is -2.24. The average Bonchev–Trinajstić information content (AvgIpc) is 2.52. The lowest BCUT2D eigenvalue weighted by molar-refractivity contribution is -0.157. The summed E-state index contributed by atoms with van der Waals surface area (Å²) >= 11 is 0. The van der Waals surface area contributed by atoms with E-state index < -0.39 is 33.4 Å². The Labute approximate surface area is 158 Å². The van der Waals surface area contributed by atoms with Crippen LogP contribution in [0.3, 0.4) is 0 Å². The molecule has 0 heterocycles. The van der Waals surface area contributed by atoms with Crippen LogP contribution in [0.4, 0.5) is 0 Å². The zero-order valence-corrected chi connectivity index (χ0v) is 18.1. The van der Waals surface area contributed by atoms with Gasteiger partial charge in [-0.1, -0.05) is 55.4 Å². The van der Waals surface area contributed by atoms with Gasteiger partial charge in [-0.2, -0.15) is 0 Å². The Bertz CT molecular complexity index is 404. The molecule has 0 aromatic rings. The van der Waals surface area contributed by atoms with Crippen molar-refractivity contribution in [2.24, 2.45) is 23.7 Å². The van der Waals surface area contributed by atoms with Crippen molar-refractivity contribution in [1.29, 1.82) is 0 Å². The van der Waals surface area contributed by atoms with Crippen LogP contribution in [0, 0.1) is 23.7 Å². The van der Waals surface area contributed by atoms with Crippen LogP contribution in [0.25, 0.3) is 0 Å². The number of carbonyl (C=O) groups is 2. The summed E-state index contributed by atoms with van der Waals surface area (Å²) in [6.45, 7) is 14.6. The van der Waals surface area contributed by atoms with Crippen LogP contribution in [0.1, 0.15) is 55.4 Å². The van der Waals surface area contributed by atoms with Gasteiger partial charge in [-0.25, -0.2) is 9.59 Å². The van der Waals surface area contributed by atoms with E-state index in [-0.39, 0.29) is 35.9 Å². The van der Waals surface area contributed by atoms with Crippen molar-refractivity contribution in [3.63, 3.8) is 0 Å². The fourth-order valence-electron chi connectivity index (χ4n) is 2.70. The third-order valence-electron chi connectivity index (χ3n) is 3.74. The first kappa shape index (κ1) is 25.0. The summed E-state index contributed by atoms with van der Waals surface area (Å²) in [5.41, 5.74) is 0. The van der Waals surface area contributed by atoms with Crippen LogP contribution in [-0.4, -0.2) is 37.4 Å². The molecule has 0 rings (SSSR count). The molecule has 0 saturated carbocycles. The summed E-state index contributed by atoms with van der Waals surface area (Å²) in [6, 6.07) is 0. The summed E-state index contributed by atoms with van der Waals surface area (Å²) in [7, 11) is -2.61. The zero-order chi connectivity index (χ0) is 20.4. The molecule has 26 heavy (non-hydrogen) atoms. The van der Waals surface area contributed by atoms with Gasteiger partial charge < -0.3 is 9.47 Å². The zero-order valence-electron chi connectivity index (χ0n) is 17.2. The second kappa shape index (κ2) is 12.4. The van der Waals surface area contributed by atoms with Gasteiger partial charge in [0.1, 0.15) is 12.2 Å². The number of carbonyl (C=O) groups excluding carboxylic acids is 2. The molecule has 0 aromatic heterocycles. The van der Waals surface area contributed by atoms with E-state index in [1.165, 1.54) is 0 Å². The lowest BCUT2D eigenvalue weighted by atomic mass is 9.96. The summed E-state index contributed by atoms with van der Waals surface area (Å²) in [5, 5.41) is 0. The summed E-state index contributed by atoms with van der Waals surface area (Å²) in [6.07, 6.45) is -0.493. The molecule has 0 aliphatic carbocycles. The van der Waals surface area contributed by atoms with E-state index in [2.05, 4.69) is 0 Å². The Hall–Kier alpha value is -1.04. The molecule has 0 unspecified atom stereocenters. The fourth-order valence-corrected chi connectivity index (χ4v) is 3.20. The van der Waals surface area contributed by atoms with Gasteiger partial charge in [0.15, 0.2) is 0 Å². The highest BCUT2D eigenvalue weighted by atomic mass is 31.1. The summed E-state index contributed by atoms with van der Waals surface area (Å²) in [5.74, 6) is -0.595. The molecule has 0 aromatic carbocycles. The van der Waals surface area contributed by atoms with Crippen LogP contribution in [0.15, 0.2) is 0 Å². The van der Waals surface area contributed by atoms with Crippen LogP contribution in [-0.2, 0) is 32.7 Å². The smallest absolute Gasteiger partial charge is 0.460 e. The van der Waals surface area contributed by atoms with Crippen molar-refractivity contribution >= 4 is 20.2 Å². The van der Waals surface area contributed by atoms with Gasteiger partial charge in [-0.15, -0.1) is 9.05 Å². The standard InChI is InChI=1S/C18H34O7P/c1-11(2)17(12(3)4)24-15(19)9-22-26(21)23-10-16(20)25-18(13(5)6)14(7)8/h11-14,17-18H,9-10H2,1-8H3/q+1. The monoisotopic (exact) mass is 393 g/mol. The number of hydrogen-bond donors (Lipinski definition) is 0. The molecule has 0 aliphatic heterocycles. The fraction of sp³-hybridized carbons (Fsp3) is 0.889. The van der Waals surface area contributed by atoms with Crippen LogP contribution >= 0.6 is 8.25 Å². The van der Waals surface area contributed by atoms with E-state index in [1.807, 2.05) is 55.4 Å². The number of ether oxygens (including phenoxy) is 2. The molecule has 0 aliphatic rings. The minimum Gasteiger partial charge on any atom is -0.460 e. The first-order chi connectivity index (χ1) is 12.0. The van der Waals surface area contributed by atoms with Gasteiger partial charge in [0.2, 0.25) is 13.2 Å². The highest BCUT2D eigenvalue weighted by Crippen LogP contribution is 2.25. The SMILES string of the molecule is CC(C)C(OC(=O)CO[P+](=O)OCC(=O)OC(C(C)C)C(C)C)C(C)C. The summed E-state index contributed by atoms with van der Waals surface area (Å²) in [4.78, 5) is 23.6. The molecule has 0 saturated heterocycles. The minimum atomic E-state index is -2.61. The van der Waals surface area contributed by atoms with Crippen molar-refractivity contribution in [3.8, 4) is 0 Å². The molecule has 0 fully saturated rings.